The summed E-state index contributed by atoms with van der Waals surface area (Å²) in [5.74, 6) is 0. The van der Waals surface area contributed by atoms with Gasteiger partial charge in [0.25, 0.3) is 0 Å². The fraction of sp³-hybridized carbons (Fsp3) is 0. The lowest BCUT2D eigenvalue weighted by molar-refractivity contribution is 1.33. The monoisotopic (exact) mass is 432 g/mol. The Labute approximate surface area is 110 Å². The summed E-state index contributed by atoms with van der Waals surface area (Å²) in [6, 6.07) is 3.88. The van der Waals surface area contributed by atoms with Crippen molar-refractivity contribution in [3.05, 3.63) is 25.6 Å². The van der Waals surface area contributed by atoms with E-state index in [1.807, 2.05) is 12.1 Å². The van der Waals surface area contributed by atoms with Gasteiger partial charge in [0.2, 0.25) is 0 Å². The zero-order valence-electron chi connectivity index (χ0n) is 6.19. The topological polar surface area (TPSA) is 24.4 Å². The number of hydrogen-bond donors (Lipinski definition) is 1. The molecule has 0 saturated carbocycles. The van der Waals surface area contributed by atoms with Crippen LogP contribution < -0.4 is 5.43 Å². The molecule has 1 rings (SSSR count). The van der Waals surface area contributed by atoms with Crippen molar-refractivity contribution < 1.29 is 0 Å². The summed E-state index contributed by atoms with van der Waals surface area (Å²) in [5, 5.41) is 5.37. The van der Waals surface area contributed by atoms with Crippen molar-refractivity contribution in [1.29, 1.82) is 0 Å². The highest BCUT2D eigenvalue weighted by Gasteiger charge is 2.04. The van der Waals surface area contributed by atoms with Crippen LogP contribution in [0.2, 0.25) is 0 Å². The Hall–Kier alpha value is 0.610. The molecule has 0 aliphatic rings. The van der Waals surface area contributed by atoms with E-state index in [4.69, 9.17) is 0 Å². The van der Waals surface area contributed by atoms with Crippen LogP contribution in [-0.2, 0) is 0 Å². The van der Waals surface area contributed by atoms with Gasteiger partial charge in [0, 0.05) is 13.4 Å². The van der Waals surface area contributed by atoms with E-state index < -0.39 is 0 Å². The fourth-order valence-electron chi connectivity index (χ4n) is 0.738. The second kappa shape index (κ2) is 5.48. The molecule has 2 nitrogen and oxygen atoms in total. The molecular formula is C7H4Br4N2. The lowest BCUT2D eigenvalue weighted by Gasteiger charge is -2.06. The fourth-order valence-corrected chi connectivity index (χ4v) is 3.28. The molecule has 13 heavy (non-hydrogen) atoms. The number of halogens is 4. The van der Waals surface area contributed by atoms with Crippen LogP contribution in [0.25, 0.3) is 0 Å². The SMILES string of the molecule is Br/C=N/Nc1c(Br)cc(Br)cc1Br. The molecule has 0 aliphatic heterocycles. The van der Waals surface area contributed by atoms with Gasteiger partial charge >= 0.3 is 0 Å². The molecule has 0 amide bonds. The predicted molar refractivity (Wildman–Crippen MR) is 70.6 cm³/mol. The first-order valence-electron chi connectivity index (χ1n) is 3.17. The molecule has 1 N–H and O–H groups in total. The molecular weight excluding hydrogens is 432 g/mol. The highest BCUT2D eigenvalue weighted by molar-refractivity contribution is 9.17. The predicted octanol–water partition coefficient (Wildman–Crippen LogP) is 4.72. The van der Waals surface area contributed by atoms with Crippen LogP contribution in [0.15, 0.2) is 30.7 Å². The van der Waals surface area contributed by atoms with E-state index >= 15 is 0 Å². The molecule has 0 saturated heterocycles. The summed E-state index contributed by atoms with van der Waals surface area (Å²) in [4.78, 5) is 0. The van der Waals surface area contributed by atoms with Crippen LogP contribution in [0.5, 0.6) is 0 Å². The summed E-state index contributed by atoms with van der Waals surface area (Å²) in [7, 11) is 0. The van der Waals surface area contributed by atoms with Crippen molar-refractivity contribution in [2.24, 2.45) is 5.10 Å². The van der Waals surface area contributed by atoms with Gasteiger partial charge in [0.1, 0.15) is 0 Å². The van der Waals surface area contributed by atoms with Crippen molar-refractivity contribution in [1.82, 2.24) is 0 Å². The first-order chi connectivity index (χ1) is 6.15. The van der Waals surface area contributed by atoms with E-state index in [0.717, 1.165) is 19.1 Å². The minimum atomic E-state index is 0.888. The molecule has 0 fully saturated rings. The Morgan fingerprint density at radius 1 is 1.15 bits per heavy atom. The number of hydrogen-bond acceptors (Lipinski definition) is 2. The summed E-state index contributed by atoms with van der Waals surface area (Å²) >= 11 is 13.3. The van der Waals surface area contributed by atoms with Crippen LogP contribution in [0.3, 0.4) is 0 Å². The zero-order valence-corrected chi connectivity index (χ0v) is 12.5. The van der Waals surface area contributed by atoms with Crippen molar-refractivity contribution in [2.75, 3.05) is 5.43 Å². The van der Waals surface area contributed by atoms with Gasteiger partial charge in [-0.05, 0) is 59.9 Å². The molecule has 70 valence electrons. The maximum Gasteiger partial charge on any atom is 0.0900 e. The molecule has 0 bridgehead atoms. The maximum atomic E-state index is 3.86. The first kappa shape index (κ1) is 11.7. The van der Waals surface area contributed by atoms with E-state index in [1.165, 1.54) is 5.12 Å². The lowest BCUT2D eigenvalue weighted by atomic mass is 10.3. The minimum Gasteiger partial charge on any atom is -0.276 e. The van der Waals surface area contributed by atoms with Crippen LogP contribution >= 0.6 is 63.7 Å². The normalized spacial score (nSPS) is 10.8. The number of nitrogens with one attached hydrogen (secondary N) is 1. The van der Waals surface area contributed by atoms with Gasteiger partial charge in [-0.1, -0.05) is 15.9 Å². The van der Waals surface area contributed by atoms with Gasteiger partial charge in [-0.3, -0.25) is 5.43 Å². The third kappa shape index (κ3) is 3.34. The first-order valence-corrected chi connectivity index (χ1v) is 6.47. The highest BCUT2D eigenvalue weighted by atomic mass is 79.9. The minimum absolute atomic E-state index is 0.888. The Balaban J connectivity index is 3.05. The van der Waals surface area contributed by atoms with Crippen molar-refractivity contribution in [3.63, 3.8) is 0 Å². The van der Waals surface area contributed by atoms with E-state index in [1.54, 1.807) is 0 Å². The molecule has 0 radical (unpaired) electrons. The maximum absolute atomic E-state index is 3.86. The molecule has 0 atom stereocenters. The van der Waals surface area contributed by atoms with E-state index in [0.29, 0.717) is 0 Å². The van der Waals surface area contributed by atoms with Gasteiger partial charge in [0.15, 0.2) is 0 Å². The molecule has 0 unspecified atom stereocenters. The Morgan fingerprint density at radius 3 is 2.15 bits per heavy atom. The quantitative estimate of drug-likeness (QED) is 0.527. The Kier molecular flexibility index (Phi) is 4.93. The summed E-state index contributed by atoms with van der Waals surface area (Å²) < 4.78 is 2.87. The van der Waals surface area contributed by atoms with Gasteiger partial charge in [-0.2, -0.15) is 5.10 Å². The van der Waals surface area contributed by atoms with E-state index in [9.17, 15) is 0 Å². The average molecular weight is 436 g/mol. The zero-order chi connectivity index (χ0) is 9.84. The van der Waals surface area contributed by atoms with Crippen LogP contribution in [-0.4, -0.2) is 5.12 Å². The van der Waals surface area contributed by atoms with Crippen molar-refractivity contribution in [2.45, 2.75) is 0 Å². The molecule has 1 aromatic carbocycles. The molecule has 1 aromatic rings. The highest BCUT2D eigenvalue weighted by Crippen LogP contribution is 2.34. The molecule has 0 spiro atoms. The van der Waals surface area contributed by atoms with E-state index in [-0.39, 0.29) is 0 Å². The Morgan fingerprint density at radius 2 is 1.69 bits per heavy atom. The summed E-state index contributed by atoms with van der Waals surface area (Å²) in [6.07, 6.45) is 0. The molecule has 0 heterocycles. The van der Waals surface area contributed by atoms with Gasteiger partial charge in [-0.15, -0.1) is 0 Å². The molecule has 6 heteroatoms. The standard InChI is InChI=1S/C7H4Br4N2/c8-3-12-13-7-5(10)1-4(9)2-6(7)11/h1-3,13H/b12-3+. The number of rotatable bonds is 2. The van der Waals surface area contributed by atoms with Crippen molar-refractivity contribution in [3.8, 4) is 0 Å². The lowest BCUT2D eigenvalue weighted by Crippen LogP contribution is -1.90. The number of benzene rings is 1. The van der Waals surface area contributed by atoms with Crippen molar-refractivity contribution >= 4 is 74.5 Å². The smallest absolute Gasteiger partial charge is 0.0900 e. The molecule has 0 aliphatic carbocycles. The molecule has 0 aromatic heterocycles. The largest absolute Gasteiger partial charge is 0.276 e. The third-order valence-electron chi connectivity index (χ3n) is 1.23. The van der Waals surface area contributed by atoms with Crippen LogP contribution in [0.4, 0.5) is 5.69 Å². The number of anilines is 1. The second-order valence-corrected chi connectivity index (χ2v) is 5.12. The second-order valence-electron chi connectivity index (χ2n) is 2.08. The average Bonchev–Trinajstić information content (AvgIpc) is 2.02. The number of nitrogens with zero attached hydrogens (tertiary/aromatic N) is 1. The van der Waals surface area contributed by atoms with Gasteiger partial charge in [0.05, 0.1) is 10.8 Å². The van der Waals surface area contributed by atoms with E-state index in [2.05, 4.69) is 74.2 Å². The third-order valence-corrected chi connectivity index (χ3v) is 3.15. The number of hydrazone groups is 1. The van der Waals surface area contributed by atoms with Crippen LogP contribution in [0, 0.1) is 0 Å². The summed E-state index contributed by atoms with van der Waals surface area (Å²) in [6.45, 7) is 0. The summed E-state index contributed by atoms with van der Waals surface area (Å²) in [5.41, 5.74) is 3.75. The van der Waals surface area contributed by atoms with Crippen LogP contribution in [0.1, 0.15) is 0 Å². The van der Waals surface area contributed by atoms with Gasteiger partial charge in [-0.25, -0.2) is 0 Å². The Bertz CT molecular complexity index is 314. The van der Waals surface area contributed by atoms with Gasteiger partial charge < -0.3 is 0 Å².